The molecule has 0 saturated heterocycles. The van der Waals surface area contributed by atoms with E-state index in [1.807, 2.05) is 30.3 Å². The van der Waals surface area contributed by atoms with Crippen molar-refractivity contribution in [3.8, 4) is 0 Å². The first kappa shape index (κ1) is 22.2. The lowest BCUT2D eigenvalue weighted by molar-refractivity contribution is -0.143. The number of halogens is 1. The summed E-state index contributed by atoms with van der Waals surface area (Å²) in [5.41, 5.74) is 2.41. The topological polar surface area (TPSA) is 63.9 Å². The van der Waals surface area contributed by atoms with Crippen LogP contribution in [0.2, 0.25) is 0 Å². The summed E-state index contributed by atoms with van der Waals surface area (Å²) < 4.78 is 8.67. The van der Waals surface area contributed by atoms with Gasteiger partial charge in [-0.05, 0) is 63.2 Å². The molecular formula is C22H24BrN3O3S. The van der Waals surface area contributed by atoms with E-state index in [9.17, 15) is 9.59 Å². The molecule has 0 atom stereocenters. The molecule has 0 N–H and O–H groups in total. The van der Waals surface area contributed by atoms with E-state index in [1.54, 1.807) is 23.6 Å². The lowest BCUT2D eigenvalue weighted by Crippen LogP contribution is -2.23. The van der Waals surface area contributed by atoms with E-state index >= 15 is 0 Å². The number of carbonyl (C=O) groups is 2. The minimum absolute atomic E-state index is 0.00246. The van der Waals surface area contributed by atoms with Crippen LogP contribution < -0.4 is 9.70 Å². The van der Waals surface area contributed by atoms with E-state index in [0.29, 0.717) is 17.0 Å². The highest BCUT2D eigenvalue weighted by Crippen LogP contribution is 2.22. The normalized spacial score (nSPS) is 11.7. The number of hydrogen-bond donors (Lipinski definition) is 0. The molecule has 1 heterocycles. The number of aromatic nitrogens is 1. The summed E-state index contributed by atoms with van der Waals surface area (Å²) in [6, 6.07) is 13.2. The third-order valence-electron chi connectivity index (χ3n) is 4.68. The summed E-state index contributed by atoms with van der Waals surface area (Å²) >= 11 is 4.83. The SMILES string of the molecule is CCOC(=O)Cn1c(=NC(=O)c2ccc(N(CC)CC)cc2)sc2cc(Br)ccc21. The number of amides is 1. The van der Waals surface area contributed by atoms with Crippen LogP contribution in [0.25, 0.3) is 10.2 Å². The third kappa shape index (κ3) is 4.99. The van der Waals surface area contributed by atoms with Crippen LogP contribution in [-0.4, -0.2) is 36.1 Å². The molecule has 3 rings (SSSR count). The van der Waals surface area contributed by atoms with E-state index in [-0.39, 0.29) is 18.4 Å². The molecule has 1 amide bonds. The van der Waals surface area contributed by atoms with E-state index in [1.165, 1.54) is 11.3 Å². The molecule has 2 aromatic carbocycles. The second-order valence-electron chi connectivity index (χ2n) is 6.52. The lowest BCUT2D eigenvalue weighted by Gasteiger charge is -2.20. The molecule has 0 aliphatic heterocycles. The van der Waals surface area contributed by atoms with Crippen LogP contribution in [0.3, 0.4) is 0 Å². The summed E-state index contributed by atoms with van der Waals surface area (Å²) in [6.07, 6.45) is 0. The predicted octanol–water partition coefficient (Wildman–Crippen LogP) is 4.62. The van der Waals surface area contributed by atoms with Crippen LogP contribution in [0.5, 0.6) is 0 Å². The fraction of sp³-hybridized carbons (Fsp3) is 0.318. The van der Waals surface area contributed by atoms with Crippen LogP contribution >= 0.6 is 27.3 Å². The van der Waals surface area contributed by atoms with Crippen LogP contribution in [0.4, 0.5) is 5.69 Å². The summed E-state index contributed by atoms with van der Waals surface area (Å²) in [7, 11) is 0. The Balaban J connectivity index is 1.99. The minimum Gasteiger partial charge on any atom is -0.465 e. The first-order valence-electron chi connectivity index (χ1n) is 9.85. The molecule has 3 aromatic rings. The molecule has 8 heteroatoms. The first-order valence-corrected chi connectivity index (χ1v) is 11.5. The molecule has 0 unspecified atom stereocenters. The predicted molar refractivity (Wildman–Crippen MR) is 124 cm³/mol. The van der Waals surface area contributed by atoms with Crippen LogP contribution in [0.15, 0.2) is 51.9 Å². The molecule has 0 aliphatic carbocycles. The summed E-state index contributed by atoms with van der Waals surface area (Å²) in [4.78, 5) is 31.9. The maximum absolute atomic E-state index is 12.8. The second kappa shape index (κ2) is 10.0. The fourth-order valence-electron chi connectivity index (χ4n) is 3.18. The zero-order chi connectivity index (χ0) is 21.7. The standard InChI is InChI=1S/C22H24BrN3O3S/c1-4-25(5-2)17-10-7-15(8-11-17)21(28)24-22-26(14-20(27)29-6-3)18-12-9-16(23)13-19(18)30-22/h7-13H,4-6,14H2,1-3H3. The molecule has 30 heavy (non-hydrogen) atoms. The Bertz CT molecular complexity index is 1110. The van der Waals surface area contributed by atoms with Gasteiger partial charge >= 0.3 is 5.97 Å². The zero-order valence-electron chi connectivity index (χ0n) is 17.2. The van der Waals surface area contributed by atoms with Gasteiger partial charge in [0.15, 0.2) is 4.80 Å². The average Bonchev–Trinajstić information content (AvgIpc) is 3.05. The van der Waals surface area contributed by atoms with Crippen molar-refractivity contribution in [2.45, 2.75) is 27.3 Å². The Labute approximate surface area is 187 Å². The smallest absolute Gasteiger partial charge is 0.326 e. The highest BCUT2D eigenvalue weighted by molar-refractivity contribution is 9.10. The van der Waals surface area contributed by atoms with E-state index in [2.05, 4.69) is 39.7 Å². The quantitative estimate of drug-likeness (QED) is 0.454. The van der Waals surface area contributed by atoms with Crippen LogP contribution in [0, 0.1) is 0 Å². The fourth-order valence-corrected chi connectivity index (χ4v) is 4.76. The van der Waals surface area contributed by atoms with Gasteiger partial charge in [0.2, 0.25) is 0 Å². The number of thiazole rings is 1. The number of hydrogen-bond acceptors (Lipinski definition) is 5. The maximum atomic E-state index is 12.8. The van der Waals surface area contributed by atoms with Crippen molar-refractivity contribution < 1.29 is 14.3 Å². The molecule has 0 spiro atoms. The number of anilines is 1. The van der Waals surface area contributed by atoms with Crippen molar-refractivity contribution >= 4 is 55.0 Å². The molecule has 6 nitrogen and oxygen atoms in total. The monoisotopic (exact) mass is 489 g/mol. The molecule has 0 aliphatic rings. The Hall–Kier alpha value is -2.45. The van der Waals surface area contributed by atoms with Crippen molar-refractivity contribution in [1.29, 1.82) is 0 Å². The maximum Gasteiger partial charge on any atom is 0.326 e. The number of esters is 1. The van der Waals surface area contributed by atoms with Gasteiger partial charge in [0.05, 0.1) is 16.8 Å². The zero-order valence-corrected chi connectivity index (χ0v) is 19.6. The molecule has 0 radical (unpaired) electrons. The Kier molecular flexibility index (Phi) is 7.44. The van der Waals surface area contributed by atoms with Gasteiger partial charge in [-0.15, -0.1) is 0 Å². The largest absolute Gasteiger partial charge is 0.465 e. The minimum atomic E-state index is -0.363. The summed E-state index contributed by atoms with van der Waals surface area (Å²) in [5.74, 6) is -0.707. The molecule has 0 saturated carbocycles. The summed E-state index contributed by atoms with van der Waals surface area (Å²) in [6.45, 7) is 8.07. The Morgan fingerprint density at radius 3 is 2.43 bits per heavy atom. The Morgan fingerprint density at radius 2 is 1.80 bits per heavy atom. The van der Waals surface area contributed by atoms with E-state index in [4.69, 9.17) is 4.74 Å². The molecule has 0 bridgehead atoms. The highest BCUT2D eigenvalue weighted by atomic mass is 79.9. The van der Waals surface area contributed by atoms with Crippen molar-refractivity contribution in [3.63, 3.8) is 0 Å². The van der Waals surface area contributed by atoms with Gasteiger partial charge in [-0.3, -0.25) is 9.59 Å². The second-order valence-corrected chi connectivity index (χ2v) is 8.45. The van der Waals surface area contributed by atoms with Crippen molar-refractivity contribution in [2.24, 2.45) is 4.99 Å². The van der Waals surface area contributed by atoms with Gasteiger partial charge in [-0.25, -0.2) is 0 Å². The van der Waals surface area contributed by atoms with Gasteiger partial charge in [0.25, 0.3) is 5.91 Å². The first-order chi connectivity index (χ1) is 14.5. The number of carbonyl (C=O) groups excluding carboxylic acids is 2. The molecular weight excluding hydrogens is 466 g/mol. The number of nitrogens with zero attached hydrogens (tertiary/aromatic N) is 3. The molecule has 0 fully saturated rings. The van der Waals surface area contributed by atoms with E-state index < -0.39 is 0 Å². The summed E-state index contributed by atoms with van der Waals surface area (Å²) in [5, 5.41) is 0. The molecule has 1 aromatic heterocycles. The van der Waals surface area contributed by atoms with Crippen molar-refractivity contribution in [1.82, 2.24) is 4.57 Å². The van der Waals surface area contributed by atoms with Gasteiger partial charge < -0.3 is 14.2 Å². The van der Waals surface area contributed by atoms with Crippen LogP contribution in [-0.2, 0) is 16.1 Å². The highest BCUT2D eigenvalue weighted by Gasteiger charge is 2.13. The number of ether oxygens (including phenoxy) is 1. The number of benzene rings is 2. The van der Waals surface area contributed by atoms with Gasteiger partial charge in [0.1, 0.15) is 6.54 Å². The van der Waals surface area contributed by atoms with Crippen molar-refractivity contribution in [3.05, 3.63) is 57.3 Å². The Morgan fingerprint density at radius 1 is 1.10 bits per heavy atom. The third-order valence-corrected chi connectivity index (χ3v) is 6.21. The van der Waals surface area contributed by atoms with Gasteiger partial charge in [-0.2, -0.15) is 4.99 Å². The number of rotatable bonds is 7. The molecule has 158 valence electrons. The van der Waals surface area contributed by atoms with Crippen molar-refractivity contribution in [2.75, 3.05) is 24.6 Å². The number of fused-ring (bicyclic) bond motifs is 1. The van der Waals surface area contributed by atoms with E-state index in [0.717, 1.165) is 33.5 Å². The van der Waals surface area contributed by atoms with Gasteiger partial charge in [-0.1, -0.05) is 27.3 Å². The lowest BCUT2D eigenvalue weighted by atomic mass is 10.2. The van der Waals surface area contributed by atoms with Gasteiger partial charge in [0, 0.05) is 28.8 Å². The average molecular weight is 490 g/mol. The van der Waals surface area contributed by atoms with Crippen LogP contribution in [0.1, 0.15) is 31.1 Å².